The second kappa shape index (κ2) is 7.71. The van der Waals surface area contributed by atoms with Gasteiger partial charge in [0.25, 0.3) is 0 Å². The van der Waals surface area contributed by atoms with Gasteiger partial charge in [0.2, 0.25) is 5.91 Å². The van der Waals surface area contributed by atoms with Crippen molar-refractivity contribution in [2.45, 2.75) is 24.8 Å². The maximum absolute atomic E-state index is 12.5. The Kier molecular flexibility index (Phi) is 5.94. The number of esters is 1. The molecule has 21 heavy (non-hydrogen) atoms. The van der Waals surface area contributed by atoms with Gasteiger partial charge in [0.15, 0.2) is 0 Å². The van der Waals surface area contributed by atoms with Crippen molar-refractivity contribution < 1.29 is 14.3 Å². The second-order valence-electron chi connectivity index (χ2n) is 4.76. The van der Waals surface area contributed by atoms with Gasteiger partial charge in [0.1, 0.15) is 11.4 Å². The van der Waals surface area contributed by atoms with E-state index in [1.807, 2.05) is 37.3 Å². The smallest absolute Gasteiger partial charge is 0.329 e. The fourth-order valence-electron chi connectivity index (χ4n) is 2.06. The molecule has 1 aliphatic heterocycles. The van der Waals surface area contributed by atoms with Crippen molar-refractivity contribution in [3.63, 3.8) is 0 Å². The number of carbonyl (C=O) groups excluding carboxylic acids is 2. The zero-order valence-electron chi connectivity index (χ0n) is 11.8. The van der Waals surface area contributed by atoms with Gasteiger partial charge in [0.05, 0.1) is 12.5 Å². The summed E-state index contributed by atoms with van der Waals surface area (Å²) in [4.78, 5) is 26.0. The minimum Gasteiger partial charge on any atom is -0.464 e. The van der Waals surface area contributed by atoms with E-state index in [-0.39, 0.29) is 11.9 Å². The van der Waals surface area contributed by atoms with E-state index < -0.39 is 11.4 Å². The Balaban J connectivity index is 2.05. The number of ether oxygens (including phenoxy) is 1. The lowest BCUT2D eigenvalue weighted by Gasteiger charge is -2.24. The lowest BCUT2D eigenvalue weighted by Crippen LogP contribution is -2.44. The van der Waals surface area contributed by atoms with Crippen molar-refractivity contribution in [1.82, 2.24) is 4.90 Å². The molecule has 0 unspecified atom stereocenters. The number of thioether (sulfide) groups is 1. The molecular formula is C15H18ClNO3S. The number of benzene rings is 1. The van der Waals surface area contributed by atoms with Gasteiger partial charge in [0, 0.05) is 5.75 Å². The molecule has 0 N–H and O–H groups in total. The van der Waals surface area contributed by atoms with Crippen molar-refractivity contribution in [3.8, 4) is 0 Å². The summed E-state index contributed by atoms with van der Waals surface area (Å²) in [5, 5.41) is -0.772. The van der Waals surface area contributed by atoms with Crippen LogP contribution in [-0.2, 0) is 14.3 Å². The average molecular weight is 328 g/mol. The first-order valence-corrected chi connectivity index (χ1v) is 8.48. The summed E-state index contributed by atoms with van der Waals surface area (Å²) in [7, 11) is 0. The third-order valence-corrected chi connectivity index (χ3v) is 4.65. The van der Waals surface area contributed by atoms with Gasteiger partial charge in [-0.3, -0.25) is 4.79 Å². The molecular weight excluding hydrogens is 310 g/mol. The quantitative estimate of drug-likeness (QED) is 0.616. The molecule has 2 atom stereocenters. The van der Waals surface area contributed by atoms with Crippen LogP contribution in [0.15, 0.2) is 30.3 Å². The van der Waals surface area contributed by atoms with E-state index in [0.717, 1.165) is 12.0 Å². The molecule has 0 spiro atoms. The second-order valence-corrected chi connectivity index (χ2v) is 6.20. The molecule has 0 radical (unpaired) electrons. The highest BCUT2D eigenvalue weighted by molar-refractivity contribution is 7.99. The van der Waals surface area contributed by atoms with Crippen LogP contribution in [0.3, 0.4) is 0 Å². The summed E-state index contributed by atoms with van der Waals surface area (Å²) in [6.07, 6.45) is 0.766. The molecule has 4 nitrogen and oxygen atoms in total. The van der Waals surface area contributed by atoms with Gasteiger partial charge in [-0.15, -0.1) is 23.4 Å². The Hall–Kier alpha value is -1.20. The van der Waals surface area contributed by atoms with Gasteiger partial charge >= 0.3 is 5.97 Å². The molecule has 1 aromatic rings. The van der Waals surface area contributed by atoms with Crippen LogP contribution in [0.2, 0.25) is 0 Å². The molecule has 0 aromatic heterocycles. The number of halogens is 1. The summed E-state index contributed by atoms with van der Waals surface area (Å²) in [6, 6.07) is 8.63. The number of hydrogen-bond donors (Lipinski definition) is 0. The average Bonchev–Trinajstić information content (AvgIpc) is 3.01. The van der Waals surface area contributed by atoms with Crippen LogP contribution < -0.4 is 0 Å². The number of carbonyl (C=O) groups is 2. The standard InChI is InChI=1S/C15H18ClNO3S/c1-2-8-20-15(19)12-9-21-10-17(12)14(18)13(16)11-6-4-3-5-7-11/h3-7,12-13H,2,8-10H2,1H3/t12-,13-/m0/s1. The molecule has 0 saturated carbocycles. The number of hydrogen-bond acceptors (Lipinski definition) is 4. The first kappa shape index (κ1) is 16.2. The highest BCUT2D eigenvalue weighted by atomic mass is 35.5. The third kappa shape index (κ3) is 3.92. The topological polar surface area (TPSA) is 46.6 Å². The van der Waals surface area contributed by atoms with Gasteiger partial charge in [-0.05, 0) is 12.0 Å². The maximum Gasteiger partial charge on any atom is 0.329 e. The highest BCUT2D eigenvalue weighted by Gasteiger charge is 2.38. The van der Waals surface area contributed by atoms with Crippen molar-refractivity contribution in [2.75, 3.05) is 18.2 Å². The van der Waals surface area contributed by atoms with Gasteiger partial charge in [-0.1, -0.05) is 37.3 Å². The molecule has 1 aromatic carbocycles. The van der Waals surface area contributed by atoms with E-state index in [2.05, 4.69) is 0 Å². The molecule has 1 heterocycles. The Labute approximate surface area is 133 Å². The number of alkyl halides is 1. The minimum atomic E-state index is -0.772. The molecule has 2 rings (SSSR count). The lowest BCUT2D eigenvalue weighted by molar-refractivity contribution is -0.152. The van der Waals surface area contributed by atoms with Gasteiger partial charge in [-0.25, -0.2) is 4.79 Å². The first-order valence-electron chi connectivity index (χ1n) is 6.89. The monoisotopic (exact) mass is 327 g/mol. The molecule has 1 aliphatic rings. The van der Waals surface area contributed by atoms with Crippen molar-refractivity contribution in [3.05, 3.63) is 35.9 Å². The maximum atomic E-state index is 12.5. The van der Waals surface area contributed by atoms with Crippen molar-refractivity contribution >= 4 is 35.2 Å². The summed E-state index contributed by atoms with van der Waals surface area (Å²) in [6.45, 7) is 2.31. The molecule has 0 bridgehead atoms. The van der Waals surface area contributed by atoms with Crippen LogP contribution in [0, 0.1) is 0 Å². The third-order valence-electron chi connectivity index (χ3n) is 3.19. The molecule has 1 amide bonds. The minimum absolute atomic E-state index is 0.244. The summed E-state index contributed by atoms with van der Waals surface area (Å²) < 4.78 is 5.15. The van der Waals surface area contributed by atoms with Gasteiger partial charge < -0.3 is 9.64 Å². The van der Waals surface area contributed by atoms with Crippen LogP contribution in [0.5, 0.6) is 0 Å². The van der Waals surface area contributed by atoms with Crippen LogP contribution in [0.1, 0.15) is 24.3 Å². The molecule has 0 aliphatic carbocycles. The van der Waals surface area contributed by atoms with E-state index in [0.29, 0.717) is 18.2 Å². The summed E-state index contributed by atoms with van der Waals surface area (Å²) in [5.41, 5.74) is 0.738. The predicted molar refractivity (Wildman–Crippen MR) is 84.2 cm³/mol. The molecule has 114 valence electrons. The highest BCUT2D eigenvalue weighted by Crippen LogP contribution is 2.29. The van der Waals surface area contributed by atoms with Crippen LogP contribution in [-0.4, -0.2) is 41.1 Å². The van der Waals surface area contributed by atoms with Gasteiger partial charge in [-0.2, -0.15) is 0 Å². The molecule has 1 fully saturated rings. The first-order chi connectivity index (χ1) is 10.1. The van der Waals surface area contributed by atoms with E-state index in [1.165, 1.54) is 16.7 Å². The van der Waals surface area contributed by atoms with Crippen LogP contribution in [0.4, 0.5) is 0 Å². The number of rotatable bonds is 5. The van der Waals surface area contributed by atoms with Crippen molar-refractivity contribution in [2.24, 2.45) is 0 Å². The van der Waals surface area contributed by atoms with E-state index in [4.69, 9.17) is 16.3 Å². The van der Waals surface area contributed by atoms with E-state index in [1.54, 1.807) is 0 Å². The Bertz CT molecular complexity index is 497. The van der Waals surface area contributed by atoms with E-state index >= 15 is 0 Å². The zero-order chi connectivity index (χ0) is 15.2. The number of nitrogens with zero attached hydrogens (tertiary/aromatic N) is 1. The fraction of sp³-hybridized carbons (Fsp3) is 0.467. The lowest BCUT2D eigenvalue weighted by atomic mass is 10.1. The summed E-state index contributed by atoms with van der Waals surface area (Å²) >= 11 is 7.80. The fourth-order valence-corrected chi connectivity index (χ4v) is 3.48. The Morgan fingerprint density at radius 1 is 1.43 bits per heavy atom. The molecule has 6 heteroatoms. The normalized spacial score (nSPS) is 19.3. The SMILES string of the molecule is CCCOC(=O)[C@@H]1CSCN1C(=O)[C@@H](Cl)c1ccccc1. The van der Waals surface area contributed by atoms with Crippen LogP contribution >= 0.6 is 23.4 Å². The predicted octanol–water partition coefficient (Wildman–Crippen LogP) is 2.82. The number of amides is 1. The van der Waals surface area contributed by atoms with Crippen LogP contribution in [0.25, 0.3) is 0 Å². The zero-order valence-corrected chi connectivity index (χ0v) is 13.4. The Morgan fingerprint density at radius 3 is 2.81 bits per heavy atom. The molecule has 1 saturated heterocycles. The summed E-state index contributed by atoms with van der Waals surface area (Å²) in [5.74, 6) is 0.450. The largest absolute Gasteiger partial charge is 0.464 e. The van der Waals surface area contributed by atoms with E-state index in [9.17, 15) is 9.59 Å². The van der Waals surface area contributed by atoms with Crippen molar-refractivity contribution in [1.29, 1.82) is 0 Å². The Morgan fingerprint density at radius 2 is 2.14 bits per heavy atom.